The van der Waals surface area contributed by atoms with Gasteiger partial charge in [-0.15, -0.1) is 0 Å². The van der Waals surface area contributed by atoms with Gasteiger partial charge in [-0.3, -0.25) is 0 Å². The fraction of sp³-hybridized carbons (Fsp3) is 0.545. The van der Waals surface area contributed by atoms with Crippen LogP contribution in [0.15, 0.2) is 18.2 Å². The molecule has 1 aliphatic heterocycles. The molecule has 0 aromatic carbocycles. The maximum absolute atomic E-state index is 5.35. The number of nitrogen functional groups attached to an aromatic ring is 1. The molecule has 1 aromatic rings. The van der Waals surface area contributed by atoms with Crippen LogP contribution in [0.25, 0.3) is 0 Å². The first-order valence-electron chi connectivity index (χ1n) is 5.74. The first kappa shape index (κ1) is 11.2. The number of hydrogen-bond donors (Lipinski definition) is 2. The molecule has 0 bridgehead atoms. The van der Waals surface area contributed by atoms with E-state index in [1.807, 2.05) is 18.2 Å². The van der Waals surface area contributed by atoms with Crippen LogP contribution in [0.5, 0.6) is 0 Å². The van der Waals surface area contributed by atoms with Crippen molar-refractivity contribution in [2.75, 3.05) is 43.0 Å². The Morgan fingerprint density at radius 2 is 2.06 bits per heavy atom. The normalized spacial score (nSPS) is 17.5. The molecule has 0 radical (unpaired) electrons. The Kier molecular flexibility index (Phi) is 3.58. The molecule has 1 saturated heterocycles. The highest BCUT2D eigenvalue weighted by Gasteiger charge is 2.16. The summed E-state index contributed by atoms with van der Waals surface area (Å²) in [6.45, 7) is 7.62. The van der Waals surface area contributed by atoms with Gasteiger partial charge in [0.25, 0.3) is 0 Å². The van der Waals surface area contributed by atoms with Crippen molar-refractivity contribution in [3.63, 3.8) is 0 Å². The summed E-state index contributed by atoms with van der Waals surface area (Å²) in [4.78, 5) is 9.18. The lowest BCUT2D eigenvalue weighted by atomic mass is 10.3. The Labute approximate surface area is 96.2 Å². The number of nitrogens with two attached hydrogens (primary N) is 1. The molecule has 0 amide bonds. The van der Waals surface area contributed by atoms with Gasteiger partial charge in [-0.25, -0.2) is 10.8 Å². The maximum Gasteiger partial charge on any atom is 0.142 e. The number of hydrazine groups is 1. The fourth-order valence-electron chi connectivity index (χ4n) is 1.97. The van der Waals surface area contributed by atoms with Crippen LogP contribution in [-0.2, 0) is 0 Å². The predicted octanol–water partition coefficient (Wildman–Crippen LogP) is 0.509. The summed E-state index contributed by atoms with van der Waals surface area (Å²) in [6, 6.07) is 5.87. The fourth-order valence-corrected chi connectivity index (χ4v) is 1.97. The van der Waals surface area contributed by atoms with E-state index in [0.717, 1.165) is 44.4 Å². The number of pyridine rings is 1. The summed E-state index contributed by atoms with van der Waals surface area (Å²) >= 11 is 0. The molecule has 2 rings (SSSR count). The Morgan fingerprint density at radius 3 is 2.69 bits per heavy atom. The summed E-state index contributed by atoms with van der Waals surface area (Å²) < 4.78 is 0. The lowest BCUT2D eigenvalue weighted by molar-refractivity contribution is 0.270. The summed E-state index contributed by atoms with van der Waals surface area (Å²) in [6.07, 6.45) is 0. The van der Waals surface area contributed by atoms with Gasteiger partial charge < -0.3 is 15.2 Å². The molecular formula is C11H19N5. The minimum atomic E-state index is 0.718. The van der Waals surface area contributed by atoms with Crippen LogP contribution in [0, 0.1) is 0 Å². The average molecular weight is 221 g/mol. The van der Waals surface area contributed by atoms with Crippen LogP contribution in [0.3, 0.4) is 0 Å². The number of anilines is 2. The number of piperazine rings is 1. The first-order chi connectivity index (χ1) is 7.83. The molecule has 3 N–H and O–H groups in total. The zero-order valence-electron chi connectivity index (χ0n) is 9.69. The maximum atomic E-state index is 5.35. The molecule has 5 heteroatoms. The van der Waals surface area contributed by atoms with Gasteiger partial charge in [0, 0.05) is 26.2 Å². The Morgan fingerprint density at radius 1 is 1.31 bits per heavy atom. The van der Waals surface area contributed by atoms with E-state index in [9.17, 15) is 0 Å². The van der Waals surface area contributed by atoms with E-state index in [-0.39, 0.29) is 0 Å². The summed E-state index contributed by atoms with van der Waals surface area (Å²) in [5, 5.41) is 0. The van der Waals surface area contributed by atoms with Crippen LogP contribution < -0.4 is 16.2 Å². The van der Waals surface area contributed by atoms with E-state index in [4.69, 9.17) is 5.84 Å². The van der Waals surface area contributed by atoms with E-state index < -0.39 is 0 Å². The second-order valence-electron chi connectivity index (χ2n) is 3.95. The highest BCUT2D eigenvalue weighted by molar-refractivity contribution is 5.46. The van der Waals surface area contributed by atoms with Gasteiger partial charge in [0.05, 0.1) is 0 Å². The lowest BCUT2D eigenvalue weighted by Gasteiger charge is -2.34. The monoisotopic (exact) mass is 221 g/mol. The van der Waals surface area contributed by atoms with E-state index in [0.29, 0.717) is 0 Å². The van der Waals surface area contributed by atoms with Gasteiger partial charge in [0.1, 0.15) is 11.6 Å². The molecule has 16 heavy (non-hydrogen) atoms. The van der Waals surface area contributed by atoms with Gasteiger partial charge >= 0.3 is 0 Å². The predicted molar refractivity (Wildman–Crippen MR) is 66.4 cm³/mol. The molecule has 88 valence electrons. The second-order valence-corrected chi connectivity index (χ2v) is 3.95. The van der Waals surface area contributed by atoms with Crippen molar-refractivity contribution in [1.82, 2.24) is 9.88 Å². The van der Waals surface area contributed by atoms with Crippen molar-refractivity contribution in [2.45, 2.75) is 6.92 Å². The van der Waals surface area contributed by atoms with Crippen LogP contribution >= 0.6 is 0 Å². The highest BCUT2D eigenvalue weighted by atomic mass is 15.3. The molecule has 5 nitrogen and oxygen atoms in total. The van der Waals surface area contributed by atoms with Gasteiger partial charge in [-0.2, -0.15) is 0 Å². The van der Waals surface area contributed by atoms with E-state index in [1.54, 1.807) is 0 Å². The van der Waals surface area contributed by atoms with Crippen molar-refractivity contribution in [2.24, 2.45) is 5.84 Å². The number of nitrogens with zero attached hydrogens (tertiary/aromatic N) is 3. The largest absolute Gasteiger partial charge is 0.354 e. The van der Waals surface area contributed by atoms with Crippen molar-refractivity contribution in [3.8, 4) is 0 Å². The molecule has 0 spiro atoms. The smallest absolute Gasteiger partial charge is 0.142 e. The number of likely N-dealkylation sites (N-methyl/N-ethyl adjacent to an activating group) is 1. The van der Waals surface area contributed by atoms with Gasteiger partial charge in [-0.1, -0.05) is 13.0 Å². The molecule has 0 aliphatic carbocycles. The number of rotatable bonds is 3. The Hall–Kier alpha value is -1.33. The van der Waals surface area contributed by atoms with Crippen molar-refractivity contribution < 1.29 is 0 Å². The Bertz CT molecular complexity index is 333. The third kappa shape index (κ3) is 2.43. The van der Waals surface area contributed by atoms with E-state index in [2.05, 4.69) is 27.1 Å². The van der Waals surface area contributed by atoms with Crippen LogP contribution in [-0.4, -0.2) is 42.6 Å². The van der Waals surface area contributed by atoms with Gasteiger partial charge in [0.15, 0.2) is 0 Å². The van der Waals surface area contributed by atoms with Gasteiger partial charge in [-0.05, 0) is 18.7 Å². The van der Waals surface area contributed by atoms with E-state index >= 15 is 0 Å². The molecule has 0 saturated carbocycles. The molecule has 1 fully saturated rings. The molecular weight excluding hydrogens is 202 g/mol. The molecule has 0 unspecified atom stereocenters. The lowest BCUT2D eigenvalue weighted by Crippen LogP contribution is -2.46. The van der Waals surface area contributed by atoms with E-state index in [1.165, 1.54) is 0 Å². The second kappa shape index (κ2) is 5.14. The average Bonchev–Trinajstić information content (AvgIpc) is 2.39. The molecule has 1 aliphatic rings. The minimum Gasteiger partial charge on any atom is -0.354 e. The van der Waals surface area contributed by atoms with Crippen molar-refractivity contribution >= 4 is 11.6 Å². The first-order valence-corrected chi connectivity index (χ1v) is 5.74. The number of aromatic nitrogens is 1. The highest BCUT2D eigenvalue weighted by Crippen LogP contribution is 2.15. The third-order valence-corrected chi connectivity index (χ3v) is 3.03. The zero-order valence-corrected chi connectivity index (χ0v) is 9.69. The van der Waals surface area contributed by atoms with Crippen molar-refractivity contribution in [1.29, 1.82) is 0 Å². The molecule has 2 heterocycles. The van der Waals surface area contributed by atoms with Crippen LogP contribution in [0.1, 0.15) is 6.92 Å². The topological polar surface area (TPSA) is 57.4 Å². The van der Waals surface area contributed by atoms with Crippen LogP contribution in [0.4, 0.5) is 11.6 Å². The number of nitrogens with one attached hydrogen (secondary N) is 1. The standard InChI is InChI=1S/C11H19N5/c1-2-15-6-8-16(9-7-15)11-5-3-4-10(13-11)14-12/h3-5H,2,6-9,12H2,1H3,(H,13,14). The quantitative estimate of drug-likeness (QED) is 0.575. The zero-order chi connectivity index (χ0) is 11.4. The minimum absolute atomic E-state index is 0.718. The molecule has 1 aromatic heterocycles. The van der Waals surface area contributed by atoms with Crippen LogP contribution in [0.2, 0.25) is 0 Å². The summed E-state index contributed by atoms with van der Waals surface area (Å²) in [5.74, 6) is 7.08. The molecule has 0 atom stereocenters. The third-order valence-electron chi connectivity index (χ3n) is 3.03. The Balaban J connectivity index is 2.02. The number of hydrogen-bond acceptors (Lipinski definition) is 5. The van der Waals surface area contributed by atoms with Crippen molar-refractivity contribution in [3.05, 3.63) is 18.2 Å². The van der Waals surface area contributed by atoms with Gasteiger partial charge in [0.2, 0.25) is 0 Å². The summed E-state index contributed by atoms with van der Waals surface area (Å²) in [5.41, 5.74) is 2.58. The SMILES string of the molecule is CCN1CCN(c2cccc(NN)n2)CC1. The summed E-state index contributed by atoms with van der Waals surface area (Å²) in [7, 11) is 0.